The van der Waals surface area contributed by atoms with Crippen molar-refractivity contribution in [3.8, 4) is 33.9 Å². The van der Waals surface area contributed by atoms with Crippen LogP contribution in [0.4, 0.5) is 5.69 Å². The molecule has 3 aromatic carbocycles. The summed E-state index contributed by atoms with van der Waals surface area (Å²) in [5, 5.41) is 15.5. The molecule has 0 atom stereocenters. The molecule has 0 radical (unpaired) electrons. The van der Waals surface area contributed by atoms with E-state index in [4.69, 9.17) is 4.74 Å². The van der Waals surface area contributed by atoms with E-state index in [1.807, 2.05) is 66.9 Å². The number of hydrogen-bond donors (Lipinski definition) is 1. The summed E-state index contributed by atoms with van der Waals surface area (Å²) >= 11 is 0. The van der Waals surface area contributed by atoms with Crippen molar-refractivity contribution in [3.63, 3.8) is 0 Å². The molecule has 2 heterocycles. The lowest BCUT2D eigenvalue weighted by atomic mass is 10.1. The Morgan fingerprint density at radius 2 is 1.67 bits per heavy atom. The monoisotopic (exact) mass is 396 g/mol. The number of nitrogens with zero attached hydrogens (tertiary/aromatic N) is 3. The zero-order valence-corrected chi connectivity index (χ0v) is 15.7. The van der Waals surface area contributed by atoms with Crippen molar-refractivity contribution >= 4 is 11.3 Å². The van der Waals surface area contributed by atoms with Crippen LogP contribution in [0.5, 0.6) is 11.5 Å². The fourth-order valence-electron chi connectivity index (χ4n) is 3.34. The predicted octanol–water partition coefficient (Wildman–Crippen LogP) is 5.70. The Hall–Kier alpha value is -4.39. The minimum absolute atomic E-state index is 0.0487. The number of aromatic nitrogens is 3. The lowest BCUT2D eigenvalue weighted by Gasteiger charge is -2.06. The van der Waals surface area contributed by atoms with E-state index in [9.17, 15) is 10.1 Å². The fraction of sp³-hybridized carbons (Fsp3) is 0. The van der Waals surface area contributed by atoms with Gasteiger partial charge in [0.15, 0.2) is 0 Å². The molecule has 5 aromatic rings. The van der Waals surface area contributed by atoms with Crippen LogP contribution in [0.3, 0.4) is 0 Å². The second-order valence-corrected chi connectivity index (χ2v) is 6.77. The Bertz CT molecular complexity index is 1340. The lowest BCUT2D eigenvalue weighted by molar-refractivity contribution is -0.384. The minimum atomic E-state index is -0.399. The van der Waals surface area contributed by atoms with Gasteiger partial charge in [0, 0.05) is 17.7 Å². The second kappa shape index (κ2) is 7.21. The highest BCUT2D eigenvalue weighted by Gasteiger charge is 2.14. The molecule has 2 aromatic heterocycles. The molecule has 7 heteroatoms. The summed E-state index contributed by atoms with van der Waals surface area (Å²) in [5.41, 5.74) is 4.22. The van der Waals surface area contributed by atoms with Crippen molar-refractivity contribution in [2.45, 2.75) is 0 Å². The van der Waals surface area contributed by atoms with Crippen molar-refractivity contribution in [1.82, 2.24) is 14.6 Å². The Morgan fingerprint density at radius 3 is 2.43 bits per heavy atom. The Labute approximate surface area is 171 Å². The van der Waals surface area contributed by atoms with Crippen LogP contribution < -0.4 is 4.74 Å². The molecule has 1 N–H and O–H groups in total. The predicted molar refractivity (Wildman–Crippen MR) is 114 cm³/mol. The van der Waals surface area contributed by atoms with Crippen molar-refractivity contribution in [1.29, 1.82) is 0 Å². The first-order valence-electron chi connectivity index (χ1n) is 9.32. The SMILES string of the molecule is O=[N+]([O-])c1cccc(-c2cnn3cc(-c4ccc(Oc5ccccc5)cc4)[nH]c23)c1. The van der Waals surface area contributed by atoms with Crippen LogP contribution >= 0.6 is 0 Å². The van der Waals surface area contributed by atoms with E-state index in [2.05, 4.69) is 10.1 Å². The molecule has 0 amide bonds. The largest absolute Gasteiger partial charge is 0.457 e. The smallest absolute Gasteiger partial charge is 0.270 e. The number of imidazole rings is 1. The van der Waals surface area contributed by atoms with E-state index in [0.29, 0.717) is 0 Å². The van der Waals surface area contributed by atoms with E-state index in [-0.39, 0.29) is 5.69 Å². The summed E-state index contributed by atoms with van der Waals surface area (Å²) in [7, 11) is 0. The van der Waals surface area contributed by atoms with Crippen LogP contribution in [0.1, 0.15) is 0 Å². The molecular formula is C23H16N4O3. The summed E-state index contributed by atoms with van der Waals surface area (Å²) in [5.74, 6) is 1.53. The molecule has 0 bridgehead atoms. The number of aromatic amines is 1. The van der Waals surface area contributed by atoms with Crippen LogP contribution in [-0.4, -0.2) is 19.5 Å². The van der Waals surface area contributed by atoms with Gasteiger partial charge in [0.05, 0.1) is 23.0 Å². The van der Waals surface area contributed by atoms with Gasteiger partial charge in [0.25, 0.3) is 5.69 Å². The van der Waals surface area contributed by atoms with E-state index in [1.165, 1.54) is 6.07 Å². The highest BCUT2D eigenvalue weighted by atomic mass is 16.6. The summed E-state index contributed by atoms with van der Waals surface area (Å²) in [6.07, 6.45) is 3.59. The van der Waals surface area contributed by atoms with Gasteiger partial charge < -0.3 is 9.72 Å². The first kappa shape index (κ1) is 17.7. The van der Waals surface area contributed by atoms with Gasteiger partial charge in [-0.1, -0.05) is 30.3 Å². The normalized spacial score (nSPS) is 10.9. The molecule has 30 heavy (non-hydrogen) atoms. The van der Waals surface area contributed by atoms with Gasteiger partial charge in [-0.15, -0.1) is 0 Å². The van der Waals surface area contributed by atoms with Crippen LogP contribution in [0, 0.1) is 10.1 Å². The van der Waals surface area contributed by atoms with Gasteiger partial charge >= 0.3 is 0 Å². The average molecular weight is 396 g/mol. The molecule has 0 aliphatic carbocycles. The number of fused-ring (bicyclic) bond motifs is 1. The van der Waals surface area contributed by atoms with Gasteiger partial charge in [0.2, 0.25) is 0 Å². The molecule has 146 valence electrons. The standard InChI is InChI=1S/C23H16N4O3/c28-27(29)18-6-4-5-17(13-18)21-14-24-26-15-22(25-23(21)26)16-9-11-20(12-10-16)30-19-7-2-1-3-8-19/h1-15,25H. The fourth-order valence-corrected chi connectivity index (χ4v) is 3.34. The first-order chi connectivity index (χ1) is 14.7. The zero-order chi connectivity index (χ0) is 20.5. The van der Waals surface area contributed by atoms with Crippen molar-refractivity contribution < 1.29 is 9.66 Å². The van der Waals surface area contributed by atoms with Crippen molar-refractivity contribution in [2.24, 2.45) is 0 Å². The summed E-state index contributed by atoms with van der Waals surface area (Å²) < 4.78 is 7.57. The Kier molecular flexibility index (Phi) is 4.25. The van der Waals surface area contributed by atoms with Crippen molar-refractivity contribution in [3.05, 3.63) is 101 Å². The van der Waals surface area contributed by atoms with Crippen LogP contribution in [0.2, 0.25) is 0 Å². The Morgan fingerprint density at radius 1 is 0.900 bits per heavy atom. The molecule has 7 nitrogen and oxygen atoms in total. The number of H-pyrrole nitrogens is 1. The topological polar surface area (TPSA) is 85.5 Å². The number of rotatable bonds is 5. The summed E-state index contributed by atoms with van der Waals surface area (Å²) in [6, 6.07) is 23.9. The molecular weight excluding hydrogens is 380 g/mol. The van der Waals surface area contributed by atoms with E-state index < -0.39 is 4.92 Å². The lowest BCUT2D eigenvalue weighted by Crippen LogP contribution is -1.88. The quantitative estimate of drug-likeness (QED) is 0.305. The molecule has 0 saturated heterocycles. The van der Waals surface area contributed by atoms with Crippen LogP contribution in [0.25, 0.3) is 28.0 Å². The molecule has 0 unspecified atom stereocenters. The number of benzene rings is 3. The van der Waals surface area contributed by atoms with Gasteiger partial charge in [-0.3, -0.25) is 10.1 Å². The number of nitrogens with one attached hydrogen (secondary N) is 1. The van der Waals surface area contributed by atoms with Gasteiger partial charge in [-0.2, -0.15) is 5.10 Å². The number of para-hydroxylation sites is 1. The van der Waals surface area contributed by atoms with Crippen LogP contribution in [0.15, 0.2) is 91.3 Å². The van der Waals surface area contributed by atoms with Gasteiger partial charge in [-0.25, -0.2) is 4.52 Å². The van der Waals surface area contributed by atoms with E-state index >= 15 is 0 Å². The number of nitro groups is 1. The number of hydrogen-bond acceptors (Lipinski definition) is 4. The number of non-ortho nitro benzene ring substituents is 1. The second-order valence-electron chi connectivity index (χ2n) is 6.77. The third-order valence-corrected chi connectivity index (χ3v) is 4.81. The number of ether oxygens (including phenoxy) is 1. The third-order valence-electron chi connectivity index (χ3n) is 4.81. The molecule has 0 saturated carbocycles. The Balaban J connectivity index is 1.45. The molecule has 5 rings (SSSR count). The maximum Gasteiger partial charge on any atom is 0.270 e. The van der Waals surface area contributed by atoms with Gasteiger partial charge in [0.1, 0.15) is 17.1 Å². The molecule has 0 aliphatic heterocycles. The molecule has 0 fully saturated rings. The van der Waals surface area contributed by atoms with E-state index in [0.717, 1.165) is 39.5 Å². The highest BCUT2D eigenvalue weighted by molar-refractivity contribution is 5.80. The average Bonchev–Trinajstić information content (AvgIpc) is 3.36. The van der Waals surface area contributed by atoms with Crippen molar-refractivity contribution in [2.75, 3.05) is 0 Å². The first-order valence-corrected chi connectivity index (χ1v) is 9.32. The van der Waals surface area contributed by atoms with E-state index in [1.54, 1.807) is 22.8 Å². The summed E-state index contributed by atoms with van der Waals surface area (Å²) in [6.45, 7) is 0. The molecule has 0 aliphatic rings. The number of nitro benzene ring substituents is 1. The highest BCUT2D eigenvalue weighted by Crippen LogP contribution is 2.30. The maximum absolute atomic E-state index is 11.1. The molecule has 0 spiro atoms. The summed E-state index contributed by atoms with van der Waals surface area (Å²) in [4.78, 5) is 14.1. The zero-order valence-electron chi connectivity index (χ0n) is 15.7. The third kappa shape index (κ3) is 3.29. The maximum atomic E-state index is 11.1. The minimum Gasteiger partial charge on any atom is -0.457 e. The van der Waals surface area contributed by atoms with Crippen LogP contribution in [-0.2, 0) is 0 Å². The van der Waals surface area contributed by atoms with Gasteiger partial charge in [-0.05, 0) is 47.5 Å².